The van der Waals surface area contributed by atoms with Gasteiger partial charge in [0.2, 0.25) is 5.91 Å². The Hall–Kier alpha value is -1.87. The molecule has 0 radical (unpaired) electrons. The first-order chi connectivity index (χ1) is 11.7. The highest BCUT2D eigenvalue weighted by atomic mass is 16.2. The van der Waals surface area contributed by atoms with Crippen molar-refractivity contribution in [3.05, 3.63) is 48.0 Å². The van der Waals surface area contributed by atoms with E-state index in [-0.39, 0.29) is 6.04 Å². The van der Waals surface area contributed by atoms with Gasteiger partial charge in [-0.2, -0.15) is 0 Å². The van der Waals surface area contributed by atoms with Gasteiger partial charge in [0.15, 0.2) is 0 Å². The number of hydrogen-bond acceptors (Lipinski definition) is 2. The molecule has 3 heteroatoms. The number of fused-ring (bicyclic) bond motifs is 1. The Morgan fingerprint density at radius 1 is 1.17 bits per heavy atom. The first-order valence-corrected chi connectivity index (χ1v) is 9.25. The second kappa shape index (κ2) is 6.56. The van der Waals surface area contributed by atoms with Crippen LogP contribution in [-0.4, -0.2) is 29.4 Å². The predicted molar refractivity (Wildman–Crippen MR) is 97.9 cm³/mol. The van der Waals surface area contributed by atoms with E-state index in [1.165, 1.54) is 22.8 Å². The molecule has 2 aromatic rings. The molecule has 1 aliphatic heterocycles. The van der Waals surface area contributed by atoms with Crippen LogP contribution in [0.5, 0.6) is 0 Å². The van der Waals surface area contributed by atoms with Gasteiger partial charge in [0.1, 0.15) is 0 Å². The van der Waals surface area contributed by atoms with Gasteiger partial charge in [-0.25, -0.2) is 0 Å². The molecule has 1 N–H and O–H groups in total. The Morgan fingerprint density at radius 3 is 2.67 bits per heavy atom. The molecule has 2 aromatic carbocycles. The summed E-state index contributed by atoms with van der Waals surface area (Å²) in [6, 6.07) is 16.0. The van der Waals surface area contributed by atoms with Gasteiger partial charge >= 0.3 is 0 Å². The average Bonchev–Trinajstić information content (AvgIpc) is 3.30. The van der Waals surface area contributed by atoms with Crippen molar-refractivity contribution in [2.45, 2.75) is 57.2 Å². The van der Waals surface area contributed by atoms with Gasteiger partial charge in [0.05, 0.1) is 6.04 Å². The van der Waals surface area contributed by atoms with Crippen LogP contribution in [0.25, 0.3) is 10.8 Å². The van der Waals surface area contributed by atoms with Gasteiger partial charge in [0, 0.05) is 18.5 Å². The molecule has 2 unspecified atom stereocenters. The number of carbonyl (C=O) groups excluding carboxylic acids is 1. The summed E-state index contributed by atoms with van der Waals surface area (Å²) in [5.41, 5.74) is 1.24. The average molecular weight is 322 g/mol. The summed E-state index contributed by atoms with van der Waals surface area (Å²) in [6.45, 7) is 3.24. The minimum Gasteiger partial charge on any atom is -0.333 e. The molecule has 1 saturated carbocycles. The van der Waals surface area contributed by atoms with Gasteiger partial charge in [0.25, 0.3) is 0 Å². The van der Waals surface area contributed by atoms with E-state index < -0.39 is 0 Å². The summed E-state index contributed by atoms with van der Waals surface area (Å²) < 4.78 is 0. The van der Waals surface area contributed by atoms with Crippen molar-refractivity contribution in [2.75, 3.05) is 6.54 Å². The number of benzene rings is 2. The highest BCUT2D eigenvalue weighted by Gasteiger charge is 2.37. The number of nitrogens with one attached hydrogen (secondary N) is 1. The van der Waals surface area contributed by atoms with Gasteiger partial charge in [-0.05, 0) is 61.6 Å². The molecule has 4 rings (SSSR count). The normalized spacial score (nSPS) is 21.8. The Morgan fingerprint density at radius 2 is 1.96 bits per heavy atom. The number of hydrogen-bond donors (Lipinski definition) is 1. The largest absolute Gasteiger partial charge is 0.333 e. The van der Waals surface area contributed by atoms with Gasteiger partial charge in [-0.15, -0.1) is 0 Å². The molecule has 1 saturated heterocycles. The molecule has 2 aliphatic rings. The lowest BCUT2D eigenvalue weighted by Gasteiger charge is -2.31. The van der Waals surface area contributed by atoms with Gasteiger partial charge in [-0.3, -0.25) is 4.79 Å². The third kappa shape index (κ3) is 3.18. The second-order valence-corrected chi connectivity index (χ2v) is 7.31. The Labute approximate surface area is 144 Å². The highest BCUT2D eigenvalue weighted by molar-refractivity contribution is 5.83. The maximum Gasteiger partial charge on any atom is 0.224 e. The van der Waals surface area contributed by atoms with Crippen LogP contribution >= 0.6 is 0 Å². The molecule has 2 atom stereocenters. The van der Waals surface area contributed by atoms with E-state index in [1.54, 1.807) is 0 Å². The molecular formula is C21H26N2O. The molecule has 0 aromatic heterocycles. The topological polar surface area (TPSA) is 32.3 Å². The van der Waals surface area contributed by atoms with Crippen LogP contribution in [0, 0.1) is 0 Å². The fourth-order valence-corrected chi connectivity index (χ4v) is 3.96. The van der Waals surface area contributed by atoms with Crippen molar-refractivity contribution >= 4 is 16.7 Å². The summed E-state index contributed by atoms with van der Waals surface area (Å²) in [4.78, 5) is 15.1. The Kier molecular flexibility index (Phi) is 4.28. The van der Waals surface area contributed by atoms with Crippen molar-refractivity contribution in [3.63, 3.8) is 0 Å². The molecule has 24 heavy (non-hydrogen) atoms. The zero-order chi connectivity index (χ0) is 16.5. The van der Waals surface area contributed by atoms with E-state index in [1.807, 2.05) is 0 Å². The van der Waals surface area contributed by atoms with E-state index in [2.05, 4.69) is 59.6 Å². The number of amides is 1. The molecule has 1 heterocycles. The van der Waals surface area contributed by atoms with E-state index in [0.717, 1.165) is 25.8 Å². The minimum absolute atomic E-state index is 0.149. The van der Waals surface area contributed by atoms with Crippen LogP contribution in [0.1, 0.15) is 50.6 Å². The summed E-state index contributed by atoms with van der Waals surface area (Å²) in [7, 11) is 0. The second-order valence-electron chi connectivity index (χ2n) is 7.31. The standard InChI is InChI=1S/C21H26N2O/c1-15(17-9-8-16-5-2-3-6-18(16)13-17)23(20-10-11-20)21(24)14-19-7-4-12-22-19/h2-3,5-6,8-9,13,15,19-20,22H,4,7,10-12,14H2,1H3. The predicted octanol–water partition coefficient (Wildman–Crippen LogP) is 4.03. The lowest BCUT2D eigenvalue weighted by atomic mass is 10.0. The van der Waals surface area contributed by atoms with E-state index in [4.69, 9.17) is 0 Å². The highest BCUT2D eigenvalue weighted by Crippen LogP contribution is 2.36. The maximum absolute atomic E-state index is 12.9. The molecule has 126 valence electrons. The molecule has 2 fully saturated rings. The first kappa shape index (κ1) is 15.6. The third-order valence-electron chi connectivity index (χ3n) is 5.48. The van der Waals surface area contributed by atoms with Crippen LogP contribution in [-0.2, 0) is 4.79 Å². The monoisotopic (exact) mass is 322 g/mol. The van der Waals surface area contributed by atoms with Gasteiger partial charge < -0.3 is 10.2 Å². The van der Waals surface area contributed by atoms with Gasteiger partial charge in [-0.1, -0.05) is 36.4 Å². The zero-order valence-electron chi connectivity index (χ0n) is 14.4. The summed E-state index contributed by atoms with van der Waals surface area (Å²) in [6.07, 6.45) is 5.29. The third-order valence-corrected chi connectivity index (χ3v) is 5.48. The number of rotatable bonds is 5. The fourth-order valence-electron chi connectivity index (χ4n) is 3.96. The van der Waals surface area contributed by atoms with Crippen LogP contribution in [0.15, 0.2) is 42.5 Å². The Balaban J connectivity index is 1.56. The van der Waals surface area contributed by atoms with Crippen LogP contribution in [0.3, 0.4) is 0 Å². The zero-order valence-corrected chi connectivity index (χ0v) is 14.4. The molecule has 3 nitrogen and oxygen atoms in total. The lowest BCUT2D eigenvalue weighted by Crippen LogP contribution is -2.39. The number of nitrogens with zero attached hydrogens (tertiary/aromatic N) is 1. The van der Waals surface area contributed by atoms with Crippen molar-refractivity contribution in [1.29, 1.82) is 0 Å². The van der Waals surface area contributed by atoms with E-state index in [0.29, 0.717) is 24.4 Å². The van der Waals surface area contributed by atoms with Crippen LogP contribution < -0.4 is 5.32 Å². The summed E-state index contributed by atoms with van der Waals surface area (Å²) in [5, 5.41) is 5.97. The maximum atomic E-state index is 12.9. The molecule has 1 amide bonds. The smallest absolute Gasteiger partial charge is 0.224 e. The molecule has 0 bridgehead atoms. The molecular weight excluding hydrogens is 296 g/mol. The van der Waals surface area contributed by atoms with Crippen molar-refractivity contribution < 1.29 is 4.79 Å². The molecule has 1 aliphatic carbocycles. The lowest BCUT2D eigenvalue weighted by molar-refractivity contribution is -0.134. The van der Waals surface area contributed by atoms with Crippen LogP contribution in [0.2, 0.25) is 0 Å². The quantitative estimate of drug-likeness (QED) is 0.901. The van der Waals surface area contributed by atoms with E-state index in [9.17, 15) is 4.79 Å². The Bertz CT molecular complexity index is 731. The number of carbonyl (C=O) groups is 1. The first-order valence-electron chi connectivity index (χ1n) is 9.25. The molecule has 0 spiro atoms. The SMILES string of the molecule is CC(c1ccc2ccccc2c1)N(C(=O)CC1CCCN1)C1CC1. The summed E-state index contributed by atoms with van der Waals surface area (Å²) >= 11 is 0. The summed E-state index contributed by atoms with van der Waals surface area (Å²) in [5.74, 6) is 0.317. The van der Waals surface area contributed by atoms with Crippen LogP contribution in [0.4, 0.5) is 0 Å². The van der Waals surface area contributed by atoms with Crippen molar-refractivity contribution in [3.8, 4) is 0 Å². The van der Waals surface area contributed by atoms with Crippen molar-refractivity contribution in [2.24, 2.45) is 0 Å². The van der Waals surface area contributed by atoms with E-state index >= 15 is 0 Å². The van der Waals surface area contributed by atoms with Crippen molar-refractivity contribution in [1.82, 2.24) is 10.2 Å². The minimum atomic E-state index is 0.149. The fraction of sp³-hybridized carbons (Fsp3) is 0.476.